The van der Waals surface area contributed by atoms with Gasteiger partial charge in [0.2, 0.25) is 0 Å². The molecular weight excluding hydrogens is 300 g/mol. The van der Waals surface area contributed by atoms with Crippen LogP contribution < -0.4 is 11.3 Å². The van der Waals surface area contributed by atoms with Gasteiger partial charge in [-0.15, -0.1) is 11.3 Å². The average Bonchev–Trinajstić information content (AvgIpc) is 2.90. The molecule has 112 valence electrons. The number of aryl methyl sites for hydroxylation is 3. The predicted octanol–water partition coefficient (Wildman–Crippen LogP) is 4.34. The summed E-state index contributed by atoms with van der Waals surface area (Å²) >= 11 is 8.26. The quantitative estimate of drug-likeness (QED) is 0.650. The number of nitrogens with one attached hydrogen (secondary N) is 1. The van der Waals surface area contributed by atoms with Crippen LogP contribution in [0.1, 0.15) is 45.3 Å². The lowest BCUT2D eigenvalue weighted by Crippen LogP contribution is -2.29. The minimum atomic E-state index is 0.140. The van der Waals surface area contributed by atoms with Gasteiger partial charge in [0.05, 0.1) is 6.04 Å². The maximum Gasteiger partial charge on any atom is 0.0594 e. The fourth-order valence-corrected chi connectivity index (χ4v) is 4.59. The molecule has 1 aliphatic carbocycles. The number of nitrogens with two attached hydrogens (primary N) is 1. The Balaban J connectivity index is 1.83. The molecule has 1 aromatic carbocycles. The number of fused-ring (bicyclic) bond motifs is 1. The van der Waals surface area contributed by atoms with Crippen molar-refractivity contribution in [2.45, 2.75) is 45.1 Å². The molecule has 0 amide bonds. The maximum atomic E-state index is 6.35. The Morgan fingerprint density at radius 2 is 2.10 bits per heavy atom. The summed E-state index contributed by atoms with van der Waals surface area (Å²) in [6, 6.07) is 8.71. The summed E-state index contributed by atoms with van der Waals surface area (Å²) in [4.78, 5) is 2.88. The van der Waals surface area contributed by atoms with Crippen LogP contribution in [0.3, 0.4) is 0 Å². The molecule has 0 bridgehead atoms. The zero-order valence-corrected chi connectivity index (χ0v) is 13.9. The largest absolute Gasteiger partial charge is 0.271 e. The molecule has 0 fully saturated rings. The number of hydrogen-bond donors (Lipinski definition) is 2. The fraction of sp³-hybridized carbons (Fsp3) is 0.412. The van der Waals surface area contributed by atoms with E-state index >= 15 is 0 Å². The Bertz CT molecular complexity index is 612. The van der Waals surface area contributed by atoms with Crippen molar-refractivity contribution in [3.63, 3.8) is 0 Å². The van der Waals surface area contributed by atoms with Crippen molar-refractivity contribution in [1.82, 2.24) is 5.43 Å². The van der Waals surface area contributed by atoms with Crippen molar-refractivity contribution >= 4 is 22.9 Å². The van der Waals surface area contributed by atoms with Gasteiger partial charge in [0.15, 0.2) is 0 Å². The molecule has 1 heterocycles. The Kier molecular flexibility index (Phi) is 4.65. The van der Waals surface area contributed by atoms with E-state index in [2.05, 4.69) is 30.5 Å². The van der Waals surface area contributed by atoms with Crippen molar-refractivity contribution in [2.24, 2.45) is 5.84 Å². The van der Waals surface area contributed by atoms with Crippen molar-refractivity contribution in [3.8, 4) is 0 Å². The van der Waals surface area contributed by atoms with Crippen LogP contribution in [0.2, 0.25) is 5.02 Å². The maximum absolute atomic E-state index is 6.35. The predicted molar refractivity (Wildman–Crippen MR) is 90.9 cm³/mol. The summed E-state index contributed by atoms with van der Waals surface area (Å²) in [7, 11) is 0. The lowest BCUT2D eigenvalue weighted by Gasteiger charge is -2.15. The molecular formula is C17H21ClN2S. The van der Waals surface area contributed by atoms with E-state index in [4.69, 9.17) is 17.4 Å². The summed E-state index contributed by atoms with van der Waals surface area (Å²) in [5.74, 6) is 5.80. The third-order valence-electron chi connectivity index (χ3n) is 4.19. The SMILES string of the molecule is Cc1ccc(CC(NN)c2cc3c(s2)CCCC3)c(Cl)c1. The topological polar surface area (TPSA) is 38.0 Å². The molecule has 3 N–H and O–H groups in total. The zero-order valence-electron chi connectivity index (χ0n) is 12.3. The monoisotopic (exact) mass is 320 g/mol. The Labute approximate surface area is 135 Å². The van der Waals surface area contributed by atoms with Crippen molar-refractivity contribution < 1.29 is 0 Å². The first-order chi connectivity index (χ1) is 10.2. The van der Waals surface area contributed by atoms with Crippen molar-refractivity contribution in [3.05, 3.63) is 55.7 Å². The van der Waals surface area contributed by atoms with Crippen LogP contribution in [0, 0.1) is 6.92 Å². The Morgan fingerprint density at radius 1 is 1.29 bits per heavy atom. The highest BCUT2D eigenvalue weighted by molar-refractivity contribution is 7.12. The van der Waals surface area contributed by atoms with E-state index in [9.17, 15) is 0 Å². The van der Waals surface area contributed by atoms with Crippen LogP contribution in [-0.4, -0.2) is 0 Å². The van der Waals surface area contributed by atoms with E-state index < -0.39 is 0 Å². The van der Waals surface area contributed by atoms with E-state index in [1.807, 2.05) is 17.4 Å². The van der Waals surface area contributed by atoms with Gasteiger partial charge < -0.3 is 0 Å². The first-order valence-electron chi connectivity index (χ1n) is 7.50. The molecule has 1 atom stereocenters. The van der Waals surface area contributed by atoms with Gasteiger partial charge in [0.25, 0.3) is 0 Å². The summed E-state index contributed by atoms with van der Waals surface area (Å²) in [5, 5.41) is 0.830. The molecule has 0 radical (unpaired) electrons. The van der Waals surface area contributed by atoms with Gasteiger partial charge in [0, 0.05) is 14.8 Å². The number of hydrogen-bond acceptors (Lipinski definition) is 3. The van der Waals surface area contributed by atoms with E-state index in [0.29, 0.717) is 0 Å². The van der Waals surface area contributed by atoms with E-state index in [1.165, 1.54) is 41.7 Å². The molecule has 2 aromatic rings. The van der Waals surface area contributed by atoms with Gasteiger partial charge in [-0.05, 0) is 67.9 Å². The highest BCUT2D eigenvalue weighted by Gasteiger charge is 2.19. The highest BCUT2D eigenvalue weighted by atomic mass is 35.5. The van der Waals surface area contributed by atoms with Crippen LogP contribution in [-0.2, 0) is 19.3 Å². The van der Waals surface area contributed by atoms with Crippen LogP contribution >= 0.6 is 22.9 Å². The molecule has 0 saturated carbocycles. The van der Waals surface area contributed by atoms with Crippen molar-refractivity contribution in [1.29, 1.82) is 0 Å². The molecule has 4 heteroatoms. The molecule has 1 aromatic heterocycles. The third-order valence-corrected chi connectivity index (χ3v) is 5.90. The number of rotatable bonds is 4. The standard InChI is InChI=1S/C17H21ClN2S/c1-11-6-7-12(14(18)8-11)9-15(20-19)17-10-13-4-2-3-5-16(13)21-17/h6-8,10,15,20H,2-5,9,19H2,1H3. The molecule has 0 spiro atoms. The molecule has 2 nitrogen and oxygen atoms in total. The molecule has 3 rings (SSSR count). The highest BCUT2D eigenvalue weighted by Crippen LogP contribution is 2.34. The number of hydrazine groups is 1. The number of thiophene rings is 1. The van der Waals surface area contributed by atoms with Crippen molar-refractivity contribution in [2.75, 3.05) is 0 Å². The van der Waals surface area contributed by atoms with E-state index in [1.54, 1.807) is 4.88 Å². The summed E-state index contributed by atoms with van der Waals surface area (Å²) in [6.07, 6.45) is 5.90. The second kappa shape index (κ2) is 6.49. The van der Waals surface area contributed by atoms with Crippen LogP contribution in [0.5, 0.6) is 0 Å². The fourth-order valence-electron chi connectivity index (χ4n) is 2.96. The lowest BCUT2D eigenvalue weighted by molar-refractivity contribution is 0.560. The summed E-state index contributed by atoms with van der Waals surface area (Å²) in [5.41, 5.74) is 6.83. The first kappa shape index (κ1) is 15.0. The third kappa shape index (κ3) is 3.32. The Morgan fingerprint density at radius 3 is 2.81 bits per heavy atom. The second-order valence-electron chi connectivity index (χ2n) is 5.82. The van der Waals surface area contributed by atoms with Crippen LogP contribution in [0.25, 0.3) is 0 Å². The second-order valence-corrected chi connectivity index (χ2v) is 7.40. The lowest BCUT2D eigenvalue weighted by atomic mass is 9.98. The van der Waals surface area contributed by atoms with Gasteiger partial charge >= 0.3 is 0 Å². The molecule has 1 unspecified atom stereocenters. The Hall–Kier alpha value is -0.870. The summed E-state index contributed by atoms with van der Waals surface area (Å²) < 4.78 is 0. The van der Waals surface area contributed by atoms with Gasteiger partial charge in [-0.25, -0.2) is 0 Å². The van der Waals surface area contributed by atoms with Gasteiger partial charge in [-0.1, -0.05) is 23.7 Å². The van der Waals surface area contributed by atoms with Gasteiger partial charge in [0.1, 0.15) is 0 Å². The molecule has 21 heavy (non-hydrogen) atoms. The minimum Gasteiger partial charge on any atom is -0.271 e. The van der Waals surface area contributed by atoms with Gasteiger partial charge in [-0.3, -0.25) is 11.3 Å². The van der Waals surface area contributed by atoms with Crippen LogP contribution in [0.15, 0.2) is 24.3 Å². The zero-order chi connectivity index (χ0) is 14.8. The van der Waals surface area contributed by atoms with E-state index in [0.717, 1.165) is 17.0 Å². The normalized spacial score (nSPS) is 15.8. The molecule has 0 aliphatic heterocycles. The van der Waals surface area contributed by atoms with Crippen LogP contribution in [0.4, 0.5) is 0 Å². The minimum absolute atomic E-state index is 0.140. The van der Waals surface area contributed by atoms with E-state index in [-0.39, 0.29) is 6.04 Å². The molecule has 1 aliphatic rings. The first-order valence-corrected chi connectivity index (χ1v) is 8.69. The summed E-state index contributed by atoms with van der Waals surface area (Å²) in [6.45, 7) is 2.06. The number of halogens is 1. The number of benzene rings is 1. The average molecular weight is 321 g/mol. The van der Waals surface area contributed by atoms with Gasteiger partial charge in [-0.2, -0.15) is 0 Å². The molecule has 0 saturated heterocycles. The smallest absolute Gasteiger partial charge is 0.0594 e.